The van der Waals surface area contributed by atoms with Gasteiger partial charge in [0.25, 0.3) is 10.0 Å². The number of aromatic nitrogens is 1. The average molecular weight is 288 g/mol. The molecule has 102 valence electrons. The Morgan fingerprint density at radius 1 is 1.05 bits per heavy atom. The summed E-state index contributed by atoms with van der Waals surface area (Å²) in [5.74, 6) is 0.492. The van der Waals surface area contributed by atoms with E-state index in [2.05, 4.69) is 9.71 Å². The number of nitrogens with zero attached hydrogens (tertiary/aromatic N) is 1. The van der Waals surface area contributed by atoms with Crippen LogP contribution in [0.15, 0.2) is 57.8 Å². The minimum absolute atomic E-state index is 0.206. The Bertz CT molecular complexity index is 855. The van der Waals surface area contributed by atoms with Crippen molar-refractivity contribution in [2.24, 2.45) is 0 Å². The zero-order chi connectivity index (χ0) is 14.2. The molecule has 5 nitrogen and oxygen atoms in total. The fourth-order valence-corrected chi connectivity index (χ4v) is 3.03. The molecule has 0 aliphatic rings. The molecule has 0 amide bonds. The van der Waals surface area contributed by atoms with E-state index in [9.17, 15) is 8.42 Å². The van der Waals surface area contributed by atoms with Gasteiger partial charge in [0.2, 0.25) is 0 Å². The first kappa shape index (κ1) is 12.7. The first-order chi connectivity index (χ1) is 9.56. The van der Waals surface area contributed by atoms with Gasteiger partial charge >= 0.3 is 0 Å². The van der Waals surface area contributed by atoms with Crippen LogP contribution in [0.5, 0.6) is 0 Å². The number of oxazole rings is 1. The largest absolute Gasteiger partial charge is 0.441 e. The van der Waals surface area contributed by atoms with Crippen LogP contribution in [0.1, 0.15) is 5.89 Å². The Morgan fingerprint density at radius 3 is 2.55 bits per heavy atom. The average Bonchev–Trinajstić information content (AvgIpc) is 2.81. The van der Waals surface area contributed by atoms with Crippen molar-refractivity contribution < 1.29 is 12.8 Å². The lowest BCUT2D eigenvalue weighted by atomic mass is 10.3. The molecule has 0 bridgehead atoms. The van der Waals surface area contributed by atoms with Crippen LogP contribution < -0.4 is 4.72 Å². The highest BCUT2D eigenvalue weighted by molar-refractivity contribution is 7.92. The summed E-state index contributed by atoms with van der Waals surface area (Å²) in [6, 6.07) is 13.3. The van der Waals surface area contributed by atoms with E-state index in [4.69, 9.17) is 4.42 Å². The van der Waals surface area contributed by atoms with Crippen LogP contribution in [0.25, 0.3) is 11.1 Å². The second kappa shape index (κ2) is 4.64. The van der Waals surface area contributed by atoms with Gasteiger partial charge in [-0.3, -0.25) is 4.72 Å². The molecule has 0 saturated carbocycles. The third-order valence-electron chi connectivity index (χ3n) is 2.82. The van der Waals surface area contributed by atoms with Crippen molar-refractivity contribution in [3.8, 4) is 0 Å². The van der Waals surface area contributed by atoms with Gasteiger partial charge < -0.3 is 4.42 Å². The topological polar surface area (TPSA) is 72.2 Å². The maximum atomic E-state index is 12.3. The smallest absolute Gasteiger partial charge is 0.261 e. The number of nitrogens with one attached hydrogen (secondary N) is 1. The van der Waals surface area contributed by atoms with Crippen LogP contribution >= 0.6 is 0 Å². The van der Waals surface area contributed by atoms with E-state index in [1.807, 2.05) is 0 Å². The Balaban J connectivity index is 2.05. The molecule has 20 heavy (non-hydrogen) atoms. The van der Waals surface area contributed by atoms with E-state index >= 15 is 0 Å². The van der Waals surface area contributed by atoms with Crippen molar-refractivity contribution >= 4 is 26.8 Å². The Morgan fingerprint density at radius 2 is 1.80 bits per heavy atom. The van der Waals surface area contributed by atoms with Crippen LogP contribution in [-0.4, -0.2) is 13.4 Å². The van der Waals surface area contributed by atoms with Crippen LogP contribution in [0.4, 0.5) is 5.69 Å². The summed E-state index contributed by atoms with van der Waals surface area (Å²) in [6.07, 6.45) is 0. The minimum atomic E-state index is -3.63. The van der Waals surface area contributed by atoms with Gasteiger partial charge in [-0.2, -0.15) is 0 Å². The monoisotopic (exact) mass is 288 g/mol. The molecule has 0 spiro atoms. The molecule has 6 heteroatoms. The highest BCUT2D eigenvalue weighted by Gasteiger charge is 2.16. The van der Waals surface area contributed by atoms with Crippen LogP contribution in [0.2, 0.25) is 0 Å². The van der Waals surface area contributed by atoms with Crippen molar-refractivity contribution in [2.45, 2.75) is 11.8 Å². The molecule has 0 radical (unpaired) electrons. The molecule has 3 rings (SSSR count). The van der Waals surface area contributed by atoms with Gasteiger partial charge in [0.15, 0.2) is 11.5 Å². The molecule has 3 aromatic rings. The highest BCUT2D eigenvalue weighted by Crippen LogP contribution is 2.25. The van der Waals surface area contributed by atoms with Crippen LogP contribution in [-0.2, 0) is 10.0 Å². The van der Waals surface area contributed by atoms with Gasteiger partial charge in [0.05, 0.1) is 10.6 Å². The molecule has 1 aromatic heterocycles. The number of rotatable bonds is 3. The maximum Gasteiger partial charge on any atom is 0.261 e. The summed E-state index contributed by atoms with van der Waals surface area (Å²) >= 11 is 0. The van der Waals surface area contributed by atoms with E-state index < -0.39 is 10.0 Å². The van der Waals surface area contributed by atoms with Crippen molar-refractivity contribution in [3.05, 3.63) is 54.4 Å². The van der Waals surface area contributed by atoms with Crippen molar-refractivity contribution in [3.63, 3.8) is 0 Å². The molecule has 0 atom stereocenters. The molecule has 0 aliphatic carbocycles. The summed E-state index contributed by atoms with van der Waals surface area (Å²) in [5, 5.41) is 0. The molecular formula is C14H12N2O3S. The molecule has 1 N–H and O–H groups in total. The van der Waals surface area contributed by atoms with Gasteiger partial charge in [-0.25, -0.2) is 13.4 Å². The normalized spacial score (nSPS) is 11.7. The van der Waals surface area contributed by atoms with Crippen molar-refractivity contribution in [1.82, 2.24) is 4.98 Å². The lowest BCUT2D eigenvalue weighted by molar-refractivity contribution is 0.561. The lowest BCUT2D eigenvalue weighted by Crippen LogP contribution is -2.13. The Hall–Kier alpha value is -2.34. The van der Waals surface area contributed by atoms with Gasteiger partial charge in [-0.05, 0) is 24.3 Å². The predicted molar refractivity (Wildman–Crippen MR) is 76.0 cm³/mol. The summed E-state index contributed by atoms with van der Waals surface area (Å²) in [6.45, 7) is 1.72. The summed E-state index contributed by atoms with van der Waals surface area (Å²) < 4.78 is 32.5. The van der Waals surface area contributed by atoms with Crippen LogP contribution in [0.3, 0.4) is 0 Å². The number of hydrogen-bond acceptors (Lipinski definition) is 4. The van der Waals surface area contributed by atoms with Gasteiger partial charge in [0.1, 0.15) is 5.52 Å². The Kier molecular flexibility index (Phi) is 2.94. The van der Waals surface area contributed by atoms with Gasteiger partial charge in [-0.15, -0.1) is 0 Å². The minimum Gasteiger partial charge on any atom is -0.441 e. The molecule has 0 unspecified atom stereocenters. The number of anilines is 1. The Labute approximate surface area is 116 Å². The number of sulfonamides is 1. The first-order valence-corrected chi connectivity index (χ1v) is 7.48. The molecule has 1 heterocycles. The number of para-hydroxylation sites is 1. The van der Waals surface area contributed by atoms with E-state index in [0.29, 0.717) is 22.7 Å². The lowest BCUT2D eigenvalue weighted by Gasteiger charge is -2.07. The zero-order valence-corrected chi connectivity index (χ0v) is 11.5. The summed E-state index contributed by atoms with van der Waals surface area (Å²) in [4.78, 5) is 4.40. The van der Waals surface area contributed by atoms with Crippen molar-refractivity contribution in [1.29, 1.82) is 0 Å². The third kappa shape index (κ3) is 2.25. The second-order valence-electron chi connectivity index (χ2n) is 4.30. The molecule has 0 saturated heterocycles. The SMILES string of the molecule is Cc1nc2c(NS(=O)(=O)c3ccccc3)cccc2o1. The van der Waals surface area contributed by atoms with Gasteiger partial charge in [0, 0.05) is 6.92 Å². The molecule has 2 aromatic carbocycles. The molecule has 0 aliphatic heterocycles. The second-order valence-corrected chi connectivity index (χ2v) is 5.99. The summed E-state index contributed by atoms with van der Waals surface area (Å²) in [5.41, 5.74) is 1.46. The number of benzene rings is 2. The number of hydrogen-bond donors (Lipinski definition) is 1. The fraction of sp³-hybridized carbons (Fsp3) is 0.0714. The number of aryl methyl sites for hydroxylation is 1. The molecule has 0 fully saturated rings. The zero-order valence-electron chi connectivity index (χ0n) is 10.7. The van der Waals surface area contributed by atoms with Gasteiger partial charge in [-0.1, -0.05) is 24.3 Å². The quantitative estimate of drug-likeness (QED) is 0.804. The first-order valence-electron chi connectivity index (χ1n) is 6.00. The fourth-order valence-electron chi connectivity index (χ4n) is 1.95. The van der Waals surface area contributed by atoms with E-state index in [1.165, 1.54) is 12.1 Å². The third-order valence-corrected chi connectivity index (χ3v) is 4.21. The highest BCUT2D eigenvalue weighted by atomic mass is 32.2. The van der Waals surface area contributed by atoms with E-state index in [-0.39, 0.29) is 4.90 Å². The van der Waals surface area contributed by atoms with Crippen molar-refractivity contribution in [2.75, 3.05) is 4.72 Å². The van der Waals surface area contributed by atoms with Crippen LogP contribution in [0, 0.1) is 6.92 Å². The van der Waals surface area contributed by atoms with E-state index in [0.717, 1.165) is 0 Å². The maximum absolute atomic E-state index is 12.3. The number of fused-ring (bicyclic) bond motifs is 1. The predicted octanol–water partition coefficient (Wildman–Crippen LogP) is 2.94. The summed E-state index contributed by atoms with van der Waals surface area (Å²) in [7, 11) is -3.63. The van der Waals surface area contributed by atoms with E-state index in [1.54, 1.807) is 43.3 Å². The molecular weight excluding hydrogens is 276 g/mol. The standard InChI is InChI=1S/C14H12N2O3S/c1-10-15-14-12(8-5-9-13(14)19-10)16-20(17,18)11-6-3-2-4-7-11/h2-9,16H,1H3.